The van der Waals surface area contributed by atoms with Gasteiger partial charge in [-0.3, -0.25) is 19.8 Å². The Kier molecular flexibility index (Phi) is 6.88. The molecule has 2 aromatic heterocycles. The van der Waals surface area contributed by atoms with E-state index in [0.29, 0.717) is 22.2 Å². The molecule has 1 fully saturated rings. The third-order valence-corrected chi connectivity index (χ3v) is 6.79. The normalized spacial score (nSPS) is 15.1. The fourth-order valence-corrected chi connectivity index (χ4v) is 4.96. The number of thiophene rings is 1. The lowest BCUT2D eigenvalue weighted by atomic mass is 10.1. The van der Waals surface area contributed by atoms with Crippen LogP contribution in [0, 0.1) is 0 Å². The standard InChI is InChI=1S/C22H24N4O2S2/c27-20(13-17-15-30-22(24-17)25-21(28)19-9-6-12-29-19)23-14-18(26-10-4-5-11-26)16-7-2-1-3-8-16/h1-3,6-9,12,15,18H,4-5,10-11,13-14H2,(H,23,27)(H,24,25,28). The van der Waals surface area contributed by atoms with Gasteiger partial charge in [-0.15, -0.1) is 22.7 Å². The summed E-state index contributed by atoms with van der Waals surface area (Å²) in [6.07, 6.45) is 2.61. The van der Waals surface area contributed by atoms with E-state index in [0.717, 1.165) is 13.1 Å². The van der Waals surface area contributed by atoms with Crippen LogP contribution in [-0.2, 0) is 11.2 Å². The zero-order valence-corrected chi connectivity index (χ0v) is 18.2. The Morgan fingerprint density at radius 3 is 2.60 bits per heavy atom. The molecule has 3 aromatic rings. The molecule has 1 aromatic carbocycles. The monoisotopic (exact) mass is 440 g/mol. The molecule has 0 spiro atoms. The van der Waals surface area contributed by atoms with Crippen LogP contribution in [0.2, 0.25) is 0 Å². The maximum absolute atomic E-state index is 12.5. The largest absolute Gasteiger partial charge is 0.354 e. The molecule has 1 atom stereocenters. The molecule has 30 heavy (non-hydrogen) atoms. The van der Waals surface area contributed by atoms with Crippen LogP contribution in [0.5, 0.6) is 0 Å². The zero-order valence-electron chi connectivity index (χ0n) is 16.5. The predicted molar refractivity (Wildman–Crippen MR) is 121 cm³/mol. The van der Waals surface area contributed by atoms with Gasteiger partial charge in [0.15, 0.2) is 5.13 Å². The molecule has 0 saturated carbocycles. The molecular formula is C22H24N4O2S2. The van der Waals surface area contributed by atoms with Crippen molar-refractivity contribution in [1.82, 2.24) is 15.2 Å². The van der Waals surface area contributed by atoms with Gasteiger partial charge in [-0.05, 0) is 42.9 Å². The Bertz CT molecular complexity index is 966. The quantitative estimate of drug-likeness (QED) is 0.556. The second kappa shape index (κ2) is 9.97. The minimum absolute atomic E-state index is 0.0587. The molecule has 0 radical (unpaired) electrons. The van der Waals surface area contributed by atoms with Crippen LogP contribution in [0.4, 0.5) is 5.13 Å². The number of rotatable bonds is 8. The van der Waals surface area contributed by atoms with E-state index in [1.165, 1.54) is 41.1 Å². The van der Waals surface area contributed by atoms with Gasteiger partial charge in [-0.1, -0.05) is 36.4 Å². The van der Waals surface area contributed by atoms with Gasteiger partial charge in [0, 0.05) is 11.9 Å². The first-order chi connectivity index (χ1) is 14.7. The number of likely N-dealkylation sites (tertiary alicyclic amines) is 1. The number of anilines is 1. The van der Waals surface area contributed by atoms with Crippen LogP contribution in [0.15, 0.2) is 53.2 Å². The van der Waals surface area contributed by atoms with Crippen molar-refractivity contribution in [3.8, 4) is 0 Å². The van der Waals surface area contributed by atoms with Gasteiger partial charge in [0.1, 0.15) is 0 Å². The van der Waals surface area contributed by atoms with Crippen molar-refractivity contribution in [2.45, 2.75) is 25.3 Å². The molecule has 8 heteroatoms. The number of hydrogen-bond acceptors (Lipinski definition) is 6. The molecule has 156 valence electrons. The summed E-state index contributed by atoms with van der Waals surface area (Å²) in [7, 11) is 0. The van der Waals surface area contributed by atoms with Crippen molar-refractivity contribution in [2.75, 3.05) is 25.0 Å². The maximum atomic E-state index is 12.5. The molecule has 4 rings (SSSR count). The number of amides is 2. The minimum atomic E-state index is -0.174. The summed E-state index contributed by atoms with van der Waals surface area (Å²) in [5.74, 6) is -0.233. The number of nitrogens with one attached hydrogen (secondary N) is 2. The lowest BCUT2D eigenvalue weighted by Crippen LogP contribution is -2.37. The van der Waals surface area contributed by atoms with Crippen molar-refractivity contribution >= 4 is 39.6 Å². The van der Waals surface area contributed by atoms with E-state index in [9.17, 15) is 9.59 Å². The molecule has 1 aliphatic heterocycles. The van der Waals surface area contributed by atoms with Crippen molar-refractivity contribution in [1.29, 1.82) is 0 Å². The summed E-state index contributed by atoms with van der Waals surface area (Å²) in [4.78, 5) is 32.1. The fraction of sp³-hybridized carbons (Fsp3) is 0.318. The molecule has 0 aliphatic carbocycles. The zero-order chi connectivity index (χ0) is 20.8. The van der Waals surface area contributed by atoms with Gasteiger partial charge in [0.25, 0.3) is 5.91 Å². The van der Waals surface area contributed by atoms with Crippen LogP contribution < -0.4 is 10.6 Å². The predicted octanol–water partition coefficient (Wildman–Crippen LogP) is 3.95. The number of hydrogen-bond donors (Lipinski definition) is 2. The molecule has 2 amide bonds. The summed E-state index contributed by atoms with van der Waals surface area (Å²) in [5.41, 5.74) is 1.89. The molecular weight excluding hydrogens is 416 g/mol. The SMILES string of the molecule is O=C(Cc1csc(NC(=O)c2cccs2)n1)NCC(c1ccccc1)N1CCCC1. The first-order valence-corrected chi connectivity index (χ1v) is 11.8. The minimum Gasteiger partial charge on any atom is -0.354 e. The Hall–Kier alpha value is -2.55. The van der Waals surface area contributed by atoms with Gasteiger partial charge >= 0.3 is 0 Å². The summed E-state index contributed by atoms with van der Waals surface area (Å²) in [6, 6.07) is 14.1. The van der Waals surface area contributed by atoms with Crippen LogP contribution in [0.1, 0.15) is 39.8 Å². The number of benzene rings is 1. The molecule has 2 N–H and O–H groups in total. The highest BCUT2D eigenvalue weighted by Crippen LogP contribution is 2.24. The van der Waals surface area contributed by atoms with E-state index < -0.39 is 0 Å². The van der Waals surface area contributed by atoms with E-state index in [-0.39, 0.29) is 24.3 Å². The third kappa shape index (κ3) is 5.33. The van der Waals surface area contributed by atoms with Crippen LogP contribution in [-0.4, -0.2) is 41.3 Å². The van der Waals surface area contributed by atoms with E-state index >= 15 is 0 Å². The van der Waals surface area contributed by atoms with Gasteiger partial charge in [0.2, 0.25) is 5.91 Å². The summed E-state index contributed by atoms with van der Waals surface area (Å²) < 4.78 is 0. The van der Waals surface area contributed by atoms with E-state index in [1.807, 2.05) is 35.0 Å². The third-order valence-electron chi connectivity index (χ3n) is 5.12. The highest BCUT2D eigenvalue weighted by atomic mass is 32.1. The number of thiazole rings is 1. The number of carbonyl (C=O) groups is 2. The highest BCUT2D eigenvalue weighted by Gasteiger charge is 2.24. The summed E-state index contributed by atoms with van der Waals surface area (Å²) >= 11 is 2.71. The van der Waals surface area contributed by atoms with Crippen molar-refractivity contribution < 1.29 is 9.59 Å². The smallest absolute Gasteiger partial charge is 0.267 e. The second-order valence-corrected chi connectivity index (χ2v) is 9.03. The molecule has 3 heterocycles. The Morgan fingerprint density at radius 1 is 1.07 bits per heavy atom. The molecule has 1 saturated heterocycles. The molecule has 1 aliphatic rings. The second-order valence-electron chi connectivity index (χ2n) is 7.23. The van der Waals surface area contributed by atoms with E-state index in [1.54, 1.807) is 6.07 Å². The van der Waals surface area contributed by atoms with Crippen molar-refractivity contribution in [2.24, 2.45) is 0 Å². The van der Waals surface area contributed by atoms with Crippen molar-refractivity contribution in [3.63, 3.8) is 0 Å². The van der Waals surface area contributed by atoms with Crippen LogP contribution in [0.3, 0.4) is 0 Å². The fourth-order valence-electron chi connectivity index (χ4n) is 3.64. The van der Waals surface area contributed by atoms with Crippen molar-refractivity contribution in [3.05, 3.63) is 69.4 Å². The van der Waals surface area contributed by atoms with E-state index in [2.05, 4.69) is 32.7 Å². The molecule has 0 bridgehead atoms. The summed E-state index contributed by atoms with van der Waals surface area (Å²) in [5, 5.41) is 10.1. The van der Waals surface area contributed by atoms with Gasteiger partial charge in [-0.25, -0.2) is 4.98 Å². The maximum Gasteiger partial charge on any atom is 0.267 e. The lowest BCUT2D eigenvalue weighted by Gasteiger charge is -2.28. The average molecular weight is 441 g/mol. The number of aromatic nitrogens is 1. The lowest BCUT2D eigenvalue weighted by molar-refractivity contribution is -0.120. The van der Waals surface area contributed by atoms with Gasteiger partial charge in [0.05, 0.1) is 23.0 Å². The first-order valence-electron chi connectivity index (χ1n) is 10.0. The van der Waals surface area contributed by atoms with Crippen LogP contribution >= 0.6 is 22.7 Å². The summed E-state index contributed by atoms with van der Waals surface area (Å²) in [6.45, 7) is 2.71. The highest BCUT2D eigenvalue weighted by molar-refractivity contribution is 7.14. The number of nitrogens with zero attached hydrogens (tertiary/aromatic N) is 2. The van der Waals surface area contributed by atoms with Gasteiger partial charge in [-0.2, -0.15) is 0 Å². The Morgan fingerprint density at radius 2 is 1.87 bits per heavy atom. The van der Waals surface area contributed by atoms with Gasteiger partial charge < -0.3 is 5.32 Å². The Balaban J connectivity index is 1.31. The number of carbonyl (C=O) groups excluding carboxylic acids is 2. The van der Waals surface area contributed by atoms with E-state index in [4.69, 9.17) is 0 Å². The topological polar surface area (TPSA) is 74.3 Å². The molecule has 6 nitrogen and oxygen atoms in total. The Labute approximate surface area is 184 Å². The first kappa shape index (κ1) is 20.7. The van der Waals surface area contributed by atoms with Crippen LogP contribution in [0.25, 0.3) is 0 Å². The average Bonchev–Trinajstić information content (AvgIpc) is 3.52. The molecule has 1 unspecified atom stereocenters.